The Bertz CT molecular complexity index is 1230. The summed E-state index contributed by atoms with van der Waals surface area (Å²) >= 11 is 1.38. The third-order valence-electron chi connectivity index (χ3n) is 6.10. The van der Waals surface area contributed by atoms with Crippen molar-refractivity contribution >= 4 is 23.2 Å². The standard InChI is InChI=1S/C28H32FN3O3S/c1-4-11-30-28(34)24-17-36-25(31-24)16-35-22-9-8-19-10-12-32(26(33)13-18(2)3)27(23(19)15-22)20-6-5-7-21(29)14-20/h5-9,14-15,17-18,27H,4,10-13,16H2,1-3H3,(H,30,34)/t27-/m0/s1. The van der Waals surface area contributed by atoms with E-state index < -0.39 is 0 Å². The van der Waals surface area contributed by atoms with E-state index in [2.05, 4.69) is 10.3 Å². The lowest BCUT2D eigenvalue weighted by Gasteiger charge is -2.38. The molecule has 3 aromatic rings. The Morgan fingerprint density at radius 3 is 2.83 bits per heavy atom. The molecule has 0 fully saturated rings. The minimum atomic E-state index is -0.382. The second-order valence-electron chi connectivity index (χ2n) is 9.42. The molecule has 2 heterocycles. The summed E-state index contributed by atoms with van der Waals surface area (Å²) in [5.74, 6) is 0.422. The van der Waals surface area contributed by atoms with E-state index in [9.17, 15) is 14.0 Å². The number of hydrogen-bond acceptors (Lipinski definition) is 5. The van der Waals surface area contributed by atoms with Gasteiger partial charge in [-0.3, -0.25) is 9.59 Å². The van der Waals surface area contributed by atoms with Gasteiger partial charge in [0.2, 0.25) is 5.91 Å². The van der Waals surface area contributed by atoms with Gasteiger partial charge in [-0.25, -0.2) is 9.37 Å². The van der Waals surface area contributed by atoms with Crippen LogP contribution in [0, 0.1) is 11.7 Å². The molecule has 1 aliphatic rings. The van der Waals surface area contributed by atoms with Crippen molar-refractivity contribution in [1.29, 1.82) is 0 Å². The van der Waals surface area contributed by atoms with Gasteiger partial charge in [0.25, 0.3) is 5.91 Å². The lowest BCUT2D eigenvalue weighted by atomic mass is 9.87. The molecule has 0 saturated carbocycles. The fourth-order valence-corrected chi connectivity index (χ4v) is 5.10. The van der Waals surface area contributed by atoms with Crippen LogP contribution in [0.3, 0.4) is 0 Å². The smallest absolute Gasteiger partial charge is 0.270 e. The van der Waals surface area contributed by atoms with Gasteiger partial charge in [-0.15, -0.1) is 11.3 Å². The van der Waals surface area contributed by atoms with Gasteiger partial charge in [0.1, 0.15) is 28.9 Å². The fraction of sp³-hybridized carbons (Fsp3) is 0.393. The molecule has 1 aromatic heterocycles. The van der Waals surface area contributed by atoms with Crippen LogP contribution < -0.4 is 10.1 Å². The highest BCUT2D eigenvalue weighted by molar-refractivity contribution is 7.09. The second kappa shape index (κ2) is 11.6. The molecule has 8 heteroatoms. The van der Waals surface area contributed by atoms with Gasteiger partial charge in [-0.05, 0) is 59.7 Å². The number of amides is 2. The third kappa shape index (κ3) is 6.10. The molecule has 1 N–H and O–H groups in total. The molecule has 2 amide bonds. The summed E-state index contributed by atoms with van der Waals surface area (Å²) in [6, 6.07) is 12.0. The Hall–Kier alpha value is -3.26. The summed E-state index contributed by atoms with van der Waals surface area (Å²) in [5.41, 5.74) is 3.20. The van der Waals surface area contributed by atoms with Crippen molar-refractivity contribution in [2.24, 2.45) is 5.92 Å². The number of aromatic nitrogens is 1. The molecule has 1 atom stereocenters. The van der Waals surface area contributed by atoms with Crippen molar-refractivity contribution in [1.82, 2.24) is 15.2 Å². The molecule has 0 unspecified atom stereocenters. The monoisotopic (exact) mass is 509 g/mol. The quantitative estimate of drug-likeness (QED) is 0.412. The zero-order valence-electron chi connectivity index (χ0n) is 20.9. The summed E-state index contributed by atoms with van der Waals surface area (Å²) in [6.45, 7) is 7.47. The Morgan fingerprint density at radius 2 is 2.08 bits per heavy atom. The Morgan fingerprint density at radius 1 is 1.25 bits per heavy atom. The average molecular weight is 510 g/mol. The van der Waals surface area contributed by atoms with Crippen LogP contribution in [-0.4, -0.2) is 34.8 Å². The maximum atomic E-state index is 14.2. The van der Waals surface area contributed by atoms with Crippen LogP contribution in [0.2, 0.25) is 0 Å². The lowest BCUT2D eigenvalue weighted by Crippen LogP contribution is -2.41. The van der Waals surface area contributed by atoms with Gasteiger partial charge in [0.15, 0.2) is 0 Å². The highest BCUT2D eigenvalue weighted by atomic mass is 32.1. The van der Waals surface area contributed by atoms with Crippen LogP contribution in [-0.2, 0) is 17.8 Å². The fourth-order valence-electron chi connectivity index (χ4n) is 4.41. The summed E-state index contributed by atoms with van der Waals surface area (Å²) in [4.78, 5) is 31.6. The van der Waals surface area contributed by atoms with Crippen molar-refractivity contribution in [3.8, 4) is 5.75 Å². The van der Waals surface area contributed by atoms with E-state index in [0.29, 0.717) is 36.0 Å². The number of thiazole rings is 1. The van der Waals surface area contributed by atoms with E-state index >= 15 is 0 Å². The number of carbonyl (C=O) groups is 2. The molecule has 36 heavy (non-hydrogen) atoms. The molecule has 0 bridgehead atoms. The largest absolute Gasteiger partial charge is 0.486 e. The molecule has 1 aliphatic heterocycles. The van der Waals surface area contributed by atoms with Crippen molar-refractivity contribution in [2.45, 2.75) is 52.7 Å². The predicted molar refractivity (Wildman–Crippen MR) is 139 cm³/mol. The third-order valence-corrected chi connectivity index (χ3v) is 6.92. The summed E-state index contributed by atoms with van der Waals surface area (Å²) in [5, 5.41) is 5.25. The molecule has 2 aromatic carbocycles. The Labute approximate surface area is 215 Å². The zero-order valence-corrected chi connectivity index (χ0v) is 21.7. The first-order chi connectivity index (χ1) is 17.4. The lowest BCUT2D eigenvalue weighted by molar-refractivity contribution is -0.134. The summed E-state index contributed by atoms with van der Waals surface area (Å²) in [6.07, 6.45) is 2.03. The minimum Gasteiger partial charge on any atom is -0.486 e. The highest BCUT2D eigenvalue weighted by Gasteiger charge is 2.32. The second-order valence-corrected chi connectivity index (χ2v) is 10.4. The molecule has 0 saturated heterocycles. The Balaban J connectivity index is 1.57. The maximum Gasteiger partial charge on any atom is 0.270 e. The molecule has 4 rings (SSSR count). The normalized spacial score (nSPS) is 15.0. The number of hydrogen-bond donors (Lipinski definition) is 1. The van der Waals surface area contributed by atoms with Crippen molar-refractivity contribution in [2.75, 3.05) is 13.1 Å². The number of nitrogens with zero attached hydrogens (tertiary/aromatic N) is 2. The molecule has 190 valence electrons. The summed E-state index contributed by atoms with van der Waals surface area (Å²) < 4.78 is 20.2. The van der Waals surface area contributed by atoms with Gasteiger partial charge >= 0.3 is 0 Å². The molecule has 6 nitrogen and oxygen atoms in total. The molecule has 0 spiro atoms. The van der Waals surface area contributed by atoms with E-state index in [1.807, 2.05) is 49.9 Å². The molecular formula is C28H32FN3O3S. The molecule has 0 aliphatic carbocycles. The first-order valence-corrected chi connectivity index (χ1v) is 13.3. The van der Waals surface area contributed by atoms with Crippen LogP contribution in [0.4, 0.5) is 4.39 Å². The van der Waals surface area contributed by atoms with Crippen LogP contribution in [0.15, 0.2) is 47.8 Å². The van der Waals surface area contributed by atoms with Crippen LogP contribution in [0.5, 0.6) is 5.75 Å². The highest BCUT2D eigenvalue weighted by Crippen LogP contribution is 2.38. The van der Waals surface area contributed by atoms with Gasteiger partial charge < -0.3 is 15.0 Å². The first kappa shape index (κ1) is 25.8. The number of rotatable bonds is 9. The number of halogens is 1. The first-order valence-electron chi connectivity index (χ1n) is 12.4. The van der Waals surface area contributed by atoms with E-state index in [-0.39, 0.29) is 36.2 Å². The number of benzene rings is 2. The number of carbonyl (C=O) groups excluding carboxylic acids is 2. The van der Waals surface area contributed by atoms with Crippen molar-refractivity contribution in [3.05, 3.63) is 81.1 Å². The van der Waals surface area contributed by atoms with Gasteiger partial charge in [-0.1, -0.05) is 39.0 Å². The number of ether oxygens (including phenoxy) is 1. The minimum absolute atomic E-state index is 0.0629. The maximum absolute atomic E-state index is 14.2. The number of nitrogens with one attached hydrogen (secondary N) is 1. The molecular weight excluding hydrogens is 477 g/mol. The SMILES string of the molecule is CCCNC(=O)c1csc(COc2ccc3c(c2)[C@H](c2cccc(F)c2)N(C(=O)CC(C)C)CC3)n1. The average Bonchev–Trinajstić information content (AvgIpc) is 3.34. The van der Waals surface area contributed by atoms with E-state index in [1.165, 1.54) is 23.5 Å². The van der Waals surface area contributed by atoms with Crippen molar-refractivity contribution in [3.63, 3.8) is 0 Å². The zero-order chi connectivity index (χ0) is 25.7. The van der Waals surface area contributed by atoms with Gasteiger partial charge in [0, 0.05) is 24.9 Å². The van der Waals surface area contributed by atoms with E-state index in [4.69, 9.17) is 4.74 Å². The topological polar surface area (TPSA) is 71.5 Å². The van der Waals surface area contributed by atoms with Crippen LogP contribution in [0.25, 0.3) is 0 Å². The van der Waals surface area contributed by atoms with Crippen molar-refractivity contribution < 1.29 is 18.7 Å². The van der Waals surface area contributed by atoms with Crippen LogP contribution >= 0.6 is 11.3 Å². The van der Waals surface area contributed by atoms with Gasteiger partial charge in [0.05, 0.1) is 6.04 Å². The summed E-state index contributed by atoms with van der Waals surface area (Å²) in [7, 11) is 0. The van der Waals surface area contributed by atoms with Gasteiger partial charge in [-0.2, -0.15) is 0 Å². The predicted octanol–water partition coefficient (Wildman–Crippen LogP) is 5.52. The molecule has 0 radical (unpaired) electrons. The Kier molecular flexibility index (Phi) is 8.36. The van der Waals surface area contributed by atoms with E-state index in [0.717, 1.165) is 29.5 Å². The van der Waals surface area contributed by atoms with Crippen LogP contribution in [0.1, 0.15) is 71.8 Å². The van der Waals surface area contributed by atoms with E-state index in [1.54, 1.807) is 11.4 Å². The number of fused-ring (bicyclic) bond motifs is 1.